The Morgan fingerprint density at radius 3 is 2.33 bits per heavy atom. The molecule has 0 aliphatic heterocycles. The molecule has 1 unspecified atom stereocenters. The van der Waals surface area contributed by atoms with Crippen LogP contribution in [0.4, 0.5) is 0 Å². The normalized spacial score (nSPS) is 15.3. The number of hydrogen-bond acceptors (Lipinski definition) is 2. The van der Waals surface area contributed by atoms with Gasteiger partial charge < -0.3 is 10.8 Å². The lowest BCUT2D eigenvalue weighted by Gasteiger charge is -2.27. The predicted molar refractivity (Wildman–Crippen MR) is 63.5 cm³/mol. The average molecular weight is 207 g/mol. The maximum absolute atomic E-state index is 10.4. The minimum atomic E-state index is -0.856. The van der Waals surface area contributed by atoms with Gasteiger partial charge in [-0.2, -0.15) is 0 Å². The van der Waals surface area contributed by atoms with Crippen LogP contribution in [0.3, 0.4) is 0 Å². The maximum Gasteiger partial charge on any atom is 0.102 e. The van der Waals surface area contributed by atoms with Gasteiger partial charge in [-0.1, -0.05) is 44.2 Å². The summed E-state index contributed by atoms with van der Waals surface area (Å²) < 4.78 is 0. The van der Waals surface area contributed by atoms with Gasteiger partial charge in [-0.3, -0.25) is 0 Å². The van der Waals surface area contributed by atoms with E-state index in [0.29, 0.717) is 5.92 Å². The van der Waals surface area contributed by atoms with Crippen molar-refractivity contribution >= 4 is 0 Å². The van der Waals surface area contributed by atoms with E-state index in [1.807, 2.05) is 30.3 Å². The summed E-state index contributed by atoms with van der Waals surface area (Å²) in [7, 11) is 0. The highest BCUT2D eigenvalue weighted by Gasteiger charge is 2.26. The maximum atomic E-state index is 10.4. The molecule has 84 valence electrons. The molecule has 0 heterocycles. The molecule has 1 aromatic carbocycles. The monoisotopic (exact) mass is 207 g/mol. The van der Waals surface area contributed by atoms with E-state index in [1.54, 1.807) is 0 Å². The Balaban J connectivity index is 2.76. The number of benzene rings is 1. The van der Waals surface area contributed by atoms with Crippen LogP contribution in [-0.4, -0.2) is 11.7 Å². The fraction of sp³-hybridized carbons (Fsp3) is 0.538. The molecule has 0 aliphatic carbocycles. The van der Waals surface area contributed by atoms with Crippen molar-refractivity contribution in [2.45, 2.75) is 32.3 Å². The van der Waals surface area contributed by atoms with Gasteiger partial charge in [0.05, 0.1) is 0 Å². The summed E-state index contributed by atoms with van der Waals surface area (Å²) in [5, 5.41) is 10.4. The zero-order valence-corrected chi connectivity index (χ0v) is 9.61. The summed E-state index contributed by atoms with van der Waals surface area (Å²) in [4.78, 5) is 0. The molecular weight excluding hydrogens is 186 g/mol. The molecule has 0 saturated heterocycles. The minimum absolute atomic E-state index is 0.281. The number of hydrogen-bond donors (Lipinski definition) is 2. The molecule has 1 aromatic rings. The molecule has 0 aliphatic rings. The molecule has 2 heteroatoms. The van der Waals surface area contributed by atoms with Gasteiger partial charge in [0.25, 0.3) is 0 Å². The van der Waals surface area contributed by atoms with Crippen molar-refractivity contribution in [3.63, 3.8) is 0 Å². The fourth-order valence-electron chi connectivity index (χ4n) is 1.64. The highest BCUT2D eigenvalue weighted by molar-refractivity contribution is 5.22. The van der Waals surface area contributed by atoms with Crippen molar-refractivity contribution in [1.82, 2.24) is 0 Å². The van der Waals surface area contributed by atoms with E-state index in [4.69, 9.17) is 5.73 Å². The Hall–Kier alpha value is -0.860. The second-order valence-corrected chi connectivity index (χ2v) is 4.53. The predicted octanol–water partition coefficient (Wildman–Crippen LogP) is 2.27. The van der Waals surface area contributed by atoms with Gasteiger partial charge in [-0.05, 0) is 24.3 Å². The minimum Gasteiger partial charge on any atom is -0.384 e. The molecule has 15 heavy (non-hydrogen) atoms. The van der Waals surface area contributed by atoms with E-state index in [2.05, 4.69) is 13.8 Å². The number of aliphatic hydroxyl groups is 1. The van der Waals surface area contributed by atoms with Gasteiger partial charge in [0.15, 0.2) is 0 Å². The van der Waals surface area contributed by atoms with Crippen LogP contribution in [0.5, 0.6) is 0 Å². The van der Waals surface area contributed by atoms with Crippen LogP contribution in [0.15, 0.2) is 30.3 Å². The van der Waals surface area contributed by atoms with E-state index in [9.17, 15) is 5.11 Å². The highest BCUT2D eigenvalue weighted by Crippen LogP contribution is 2.26. The van der Waals surface area contributed by atoms with Crippen LogP contribution in [-0.2, 0) is 5.60 Å². The van der Waals surface area contributed by atoms with Crippen molar-refractivity contribution in [2.24, 2.45) is 11.7 Å². The molecular formula is C13H21NO. The Morgan fingerprint density at radius 2 is 1.87 bits per heavy atom. The van der Waals surface area contributed by atoms with Gasteiger partial charge in [-0.25, -0.2) is 0 Å². The van der Waals surface area contributed by atoms with Crippen LogP contribution in [0.25, 0.3) is 0 Å². The molecule has 0 spiro atoms. The molecule has 0 aromatic heterocycles. The first-order chi connectivity index (χ1) is 7.08. The summed E-state index contributed by atoms with van der Waals surface area (Å²) in [6.07, 6.45) is 1.72. The second-order valence-electron chi connectivity index (χ2n) is 4.53. The molecule has 1 atom stereocenters. The third-order valence-corrected chi connectivity index (χ3v) is 2.78. The largest absolute Gasteiger partial charge is 0.384 e. The molecule has 1 rings (SSSR count). The number of nitrogens with two attached hydrogens (primary N) is 1. The molecule has 3 N–H and O–H groups in total. The summed E-state index contributed by atoms with van der Waals surface area (Å²) in [5.41, 5.74) is 5.74. The Kier molecular flexibility index (Phi) is 4.30. The molecule has 2 nitrogen and oxygen atoms in total. The zero-order valence-electron chi connectivity index (χ0n) is 9.61. The van der Waals surface area contributed by atoms with Gasteiger partial charge in [0.2, 0.25) is 0 Å². The molecule has 0 saturated carbocycles. The molecule has 0 amide bonds. The summed E-state index contributed by atoms with van der Waals surface area (Å²) >= 11 is 0. The highest BCUT2D eigenvalue weighted by atomic mass is 16.3. The Labute approximate surface area is 92.1 Å². The van der Waals surface area contributed by atoms with Gasteiger partial charge >= 0.3 is 0 Å². The lowest BCUT2D eigenvalue weighted by atomic mass is 9.87. The zero-order chi connectivity index (χ0) is 11.3. The Morgan fingerprint density at radius 1 is 1.27 bits per heavy atom. The van der Waals surface area contributed by atoms with Crippen molar-refractivity contribution in [3.05, 3.63) is 35.9 Å². The first-order valence-corrected chi connectivity index (χ1v) is 5.56. The van der Waals surface area contributed by atoms with Crippen LogP contribution in [0.1, 0.15) is 32.3 Å². The van der Waals surface area contributed by atoms with Crippen molar-refractivity contribution in [3.8, 4) is 0 Å². The van der Waals surface area contributed by atoms with Gasteiger partial charge in [0.1, 0.15) is 5.60 Å². The molecule has 0 bridgehead atoms. The third-order valence-electron chi connectivity index (χ3n) is 2.78. The van der Waals surface area contributed by atoms with E-state index in [-0.39, 0.29) is 6.54 Å². The van der Waals surface area contributed by atoms with E-state index < -0.39 is 5.60 Å². The second kappa shape index (κ2) is 5.29. The fourth-order valence-corrected chi connectivity index (χ4v) is 1.64. The standard InChI is InChI=1S/C13H21NO/c1-11(2)8-9-13(15,10-14)12-6-4-3-5-7-12/h3-7,11,15H,8-10,14H2,1-2H3. The summed E-state index contributed by atoms with van der Waals surface area (Å²) in [6.45, 7) is 4.59. The topological polar surface area (TPSA) is 46.2 Å². The van der Waals surface area contributed by atoms with Crippen molar-refractivity contribution < 1.29 is 5.11 Å². The summed E-state index contributed by atoms with van der Waals surface area (Å²) in [5.74, 6) is 0.590. The van der Waals surface area contributed by atoms with E-state index in [1.165, 1.54) is 0 Å². The van der Waals surface area contributed by atoms with Crippen LogP contribution < -0.4 is 5.73 Å². The van der Waals surface area contributed by atoms with E-state index in [0.717, 1.165) is 18.4 Å². The number of rotatable bonds is 5. The van der Waals surface area contributed by atoms with Crippen LogP contribution >= 0.6 is 0 Å². The van der Waals surface area contributed by atoms with Crippen LogP contribution in [0.2, 0.25) is 0 Å². The quantitative estimate of drug-likeness (QED) is 0.778. The first-order valence-electron chi connectivity index (χ1n) is 5.56. The lowest BCUT2D eigenvalue weighted by molar-refractivity contribution is 0.0313. The van der Waals surface area contributed by atoms with Crippen LogP contribution in [0, 0.1) is 5.92 Å². The van der Waals surface area contributed by atoms with Crippen molar-refractivity contribution in [1.29, 1.82) is 0 Å². The SMILES string of the molecule is CC(C)CCC(O)(CN)c1ccccc1. The van der Waals surface area contributed by atoms with E-state index >= 15 is 0 Å². The smallest absolute Gasteiger partial charge is 0.102 e. The average Bonchev–Trinajstić information content (AvgIpc) is 2.27. The summed E-state index contributed by atoms with van der Waals surface area (Å²) in [6, 6.07) is 9.69. The third kappa shape index (κ3) is 3.33. The van der Waals surface area contributed by atoms with Gasteiger partial charge in [-0.15, -0.1) is 0 Å². The molecule has 0 radical (unpaired) electrons. The van der Waals surface area contributed by atoms with Crippen molar-refractivity contribution in [2.75, 3.05) is 6.54 Å². The Bertz CT molecular complexity index is 284. The first kappa shape index (κ1) is 12.2. The molecule has 0 fully saturated rings. The lowest BCUT2D eigenvalue weighted by Crippen LogP contribution is -2.35. The van der Waals surface area contributed by atoms with Gasteiger partial charge in [0, 0.05) is 6.54 Å².